The summed E-state index contributed by atoms with van der Waals surface area (Å²) >= 11 is 5.94. The first-order chi connectivity index (χ1) is 15.1. The first kappa shape index (κ1) is 23.8. The zero-order chi connectivity index (χ0) is 23.5. The zero-order valence-electron chi connectivity index (χ0n) is 18.7. The summed E-state index contributed by atoms with van der Waals surface area (Å²) < 4.78 is 28.2. The van der Waals surface area contributed by atoms with E-state index in [0.717, 1.165) is 26.6 Å². The fraction of sp³-hybridized carbons (Fsp3) is 0.240. The molecule has 3 aromatic carbocycles. The van der Waals surface area contributed by atoms with Gasteiger partial charge in [-0.1, -0.05) is 47.5 Å². The van der Waals surface area contributed by atoms with E-state index in [-0.39, 0.29) is 17.3 Å². The van der Waals surface area contributed by atoms with Crippen molar-refractivity contribution in [2.45, 2.75) is 32.2 Å². The van der Waals surface area contributed by atoms with Crippen LogP contribution < -0.4 is 4.31 Å². The van der Waals surface area contributed by atoms with Crippen LogP contribution in [0.15, 0.2) is 71.6 Å². The Labute approximate surface area is 195 Å². The highest BCUT2D eigenvalue weighted by Crippen LogP contribution is 2.27. The summed E-state index contributed by atoms with van der Waals surface area (Å²) in [6.07, 6.45) is 0. The van der Waals surface area contributed by atoms with Crippen molar-refractivity contribution >= 4 is 33.2 Å². The van der Waals surface area contributed by atoms with E-state index < -0.39 is 10.0 Å². The minimum absolute atomic E-state index is 0.0779. The van der Waals surface area contributed by atoms with Gasteiger partial charge in [-0.25, -0.2) is 8.42 Å². The highest BCUT2D eigenvalue weighted by atomic mass is 35.5. The molecule has 0 radical (unpaired) electrons. The number of rotatable bonds is 7. The zero-order valence-corrected chi connectivity index (χ0v) is 20.2. The van der Waals surface area contributed by atoms with E-state index in [1.165, 1.54) is 29.2 Å². The van der Waals surface area contributed by atoms with E-state index in [9.17, 15) is 13.2 Å². The number of likely N-dealkylation sites (N-methyl/N-ethyl adjacent to an activating group) is 1. The Morgan fingerprint density at radius 2 is 1.50 bits per heavy atom. The molecule has 0 unspecified atom stereocenters. The van der Waals surface area contributed by atoms with Gasteiger partial charge in [0, 0.05) is 18.6 Å². The number of hydrogen-bond donors (Lipinski definition) is 0. The summed E-state index contributed by atoms with van der Waals surface area (Å²) in [6, 6.07) is 19.2. The number of aryl methyl sites for hydroxylation is 3. The maximum Gasteiger partial charge on any atom is 0.264 e. The van der Waals surface area contributed by atoms with Crippen molar-refractivity contribution in [3.05, 3.63) is 94.0 Å². The smallest absolute Gasteiger partial charge is 0.264 e. The van der Waals surface area contributed by atoms with E-state index in [4.69, 9.17) is 11.6 Å². The van der Waals surface area contributed by atoms with Crippen LogP contribution in [0.3, 0.4) is 0 Å². The fourth-order valence-electron chi connectivity index (χ4n) is 3.23. The molecule has 0 saturated carbocycles. The predicted octanol–water partition coefficient (Wildman–Crippen LogP) is 5.12. The molecule has 0 heterocycles. The fourth-order valence-corrected chi connectivity index (χ4v) is 4.76. The van der Waals surface area contributed by atoms with Gasteiger partial charge in [0.1, 0.15) is 6.54 Å². The van der Waals surface area contributed by atoms with Crippen LogP contribution in [0.2, 0.25) is 5.02 Å². The van der Waals surface area contributed by atoms with Crippen molar-refractivity contribution in [3.63, 3.8) is 0 Å². The number of halogens is 1. The number of carbonyl (C=O) groups excluding carboxylic acids is 1. The summed E-state index contributed by atoms with van der Waals surface area (Å²) in [5.74, 6) is -0.304. The lowest BCUT2D eigenvalue weighted by molar-refractivity contribution is -0.128. The Hall–Kier alpha value is -2.83. The molecule has 0 aliphatic carbocycles. The van der Waals surface area contributed by atoms with Gasteiger partial charge >= 0.3 is 0 Å². The van der Waals surface area contributed by atoms with Crippen LogP contribution in [0.1, 0.15) is 22.3 Å². The molecule has 0 aliphatic heterocycles. The third-order valence-corrected chi connectivity index (χ3v) is 7.47. The Bertz CT molecular complexity index is 1210. The lowest BCUT2D eigenvalue weighted by Gasteiger charge is -2.27. The van der Waals surface area contributed by atoms with Gasteiger partial charge in [-0.3, -0.25) is 9.10 Å². The lowest BCUT2D eigenvalue weighted by Crippen LogP contribution is -2.41. The van der Waals surface area contributed by atoms with Gasteiger partial charge in [-0.2, -0.15) is 0 Å². The van der Waals surface area contributed by atoms with Gasteiger partial charge in [0.05, 0.1) is 10.6 Å². The second-order valence-corrected chi connectivity index (χ2v) is 10.3. The van der Waals surface area contributed by atoms with Crippen molar-refractivity contribution in [3.8, 4) is 0 Å². The molecule has 0 atom stereocenters. The van der Waals surface area contributed by atoms with E-state index in [1.807, 2.05) is 51.1 Å². The summed E-state index contributed by atoms with van der Waals surface area (Å²) in [5.41, 5.74) is 4.54. The molecule has 0 aromatic heterocycles. The summed E-state index contributed by atoms with van der Waals surface area (Å²) in [7, 11) is -2.30. The van der Waals surface area contributed by atoms with Gasteiger partial charge in [0.25, 0.3) is 10.0 Å². The molecule has 1 amide bonds. The van der Waals surface area contributed by atoms with Crippen LogP contribution in [0.25, 0.3) is 0 Å². The molecule has 0 spiro atoms. The summed E-state index contributed by atoms with van der Waals surface area (Å²) in [4.78, 5) is 14.7. The molecule has 5 nitrogen and oxygen atoms in total. The number of hydrogen-bond acceptors (Lipinski definition) is 3. The summed E-state index contributed by atoms with van der Waals surface area (Å²) in [5, 5.41) is 0.440. The van der Waals surface area contributed by atoms with Gasteiger partial charge in [0.15, 0.2) is 0 Å². The van der Waals surface area contributed by atoms with Crippen molar-refractivity contribution < 1.29 is 13.2 Å². The topological polar surface area (TPSA) is 57.7 Å². The molecule has 168 valence electrons. The first-order valence-electron chi connectivity index (χ1n) is 10.2. The SMILES string of the molecule is Cc1ccc(CN(C)C(=O)CN(c2ccc(C)c(C)c2)S(=O)(=O)c2ccc(Cl)cc2)cc1. The Balaban J connectivity index is 1.93. The monoisotopic (exact) mass is 470 g/mol. The van der Waals surface area contributed by atoms with Crippen molar-refractivity contribution in [1.29, 1.82) is 0 Å². The Morgan fingerprint density at radius 3 is 2.09 bits per heavy atom. The third kappa shape index (κ3) is 5.50. The van der Waals surface area contributed by atoms with E-state index in [1.54, 1.807) is 19.2 Å². The molecule has 7 heteroatoms. The van der Waals surface area contributed by atoms with Gasteiger partial charge in [-0.15, -0.1) is 0 Å². The van der Waals surface area contributed by atoms with Crippen LogP contribution in [0.4, 0.5) is 5.69 Å². The number of anilines is 1. The quantitative estimate of drug-likeness (QED) is 0.481. The minimum atomic E-state index is -3.98. The standard InChI is InChI=1S/C25H27ClN2O3S/c1-18-5-8-21(9-6-18)16-27(4)25(29)17-28(23-12-7-19(2)20(3)15-23)32(30,31)24-13-10-22(26)11-14-24/h5-15H,16-17H2,1-4H3. The highest BCUT2D eigenvalue weighted by Gasteiger charge is 2.28. The average Bonchev–Trinajstić information content (AvgIpc) is 2.75. The molecule has 0 fully saturated rings. The summed E-state index contributed by atoms with van der Waals surface area (Å²) in [6.45, 7) is 5.95. The van der Waals surface area contributed by atoms with Crippen LogP contribution in [-0.4, -0.2) is 32.8 Å². The molecular weight excluding hydrogens is 444 g/mol. The normalized spacial score (nSPS) is 11.3. The number of nitrogens with zero attached hydrogens (tertiary/aromatic N) is 2. The largest absolute Gasteiger partial charge is 0.340 e. The van der Waals surface area contributed by atoms with Crippen LogP contribution >= 0.6 is 11.6 Å². The predicted molar refractivity (Wildman–Crippen MR) is 130 cm³/mol. The van der Waals surface area contributed by atoms with Gasteiger partial charge < -0.3 is 4.90 Å². The van der Waals surface area contributed by atoms with Crippen molar-refractivity contribution in [2.24, 2.45) is 0 Å². The molecule has 3 rings (SSSR count). The Morgan fingerprint density at radius 1 is 0.875 bits per heavy atom. The second-order valence-electron chi connectivity index (χ2n) is 7.97. The van der Waals surface area contributed by atoms with Gasteiger partial charge in [-0.05, 0) is 73.9 Å². The molecule has 0 aliphatic rings. The molecule has 0 bridgehead atoms. The van der Waals surface area contributed by atoms with Crippen LogP contribution in [0, 0.1) is 20.8 Å². The Kier molecular flexibility index (Phi) is 7.26. The molecular formula is C25H27ClN2O3S. The minimum Gasteiger partial charge on any atom is -0.340 e. The van der Waals surface area contributed by atoms with E-state index in [2.05, 4.69) is 0 Å². The maximum atomic E-state index is 13.5. The maximum absolute atomic E-state index is 13.5. The molecule has 0 N–H and O–H groups in total. The number of carbonyl (C=O) groups is 1. The number of sulfonamides is 1. The average molecular weight is 471 g/mol. The van der Waals surface area contributed by atoms with Crippen molar-refractivity contribution in [2.75, 3.05) is 17.9 Å². The highest BCUT2D eigenvalue weighted by molar-refractivity contribution is 7.92. The first-order valence-corrected chi connectivity index (χ1v) is 12.0. The molecule has 0 saturated heterocycles. The molecule has 3 aromatic rings. The van der Waals surface area contributed by atoms with Crippen LogP contribution in [-0.2, 0) is 21.4 Å². The second kappa shape index (κ2) is 9.76. The third-order valence-electron chi connectivity index (χ3n) is 5.43. The lowest BCUT2D eigenvalue weighted by atomic mass is 10.1. The van der Waals surface area contributed by atoms with Crippen molar-refractivity contribution in [1.82, 2.24) is 4.90 Å². The number of benzene rings is 3. The van der Waals surface area contributed by atoms with E-state index in [0.29, 0.717) is 17.3 Å². The van der Waals surface area contributed by atoms with Gasteiger partial charge in [0.2, 0.25) is 5.91 Å². The number of amides is 1. The molecule has 32 heavy (non-hydrogen) atoms. The van der Waals surface area contributed by atoms with Crippen LogP contribution in [0.5, 0.6) is 0 Å². The van der Waals surface area contributed by atoms with E-state index >= 15 is 0 Å².